The number of nitrogens with two attached hydrogens (primary N) is 1. The Kier molecular flexibility index (Phi) is 5.72. The van der Waals surface area contributed by atoms with Crippen molar-refractivity contribution in [1.29, 1.82) is 0 Å². The molecule has 0 aliphatic rings. The molecule has 5 heteroatoms. The number of ether oxygens (including phenoxy) is 2. The molecule has 0 spiro atoms. The van der Waals surface area contributed by atoms with Crippen molar-refractivity contribution in [3.05, 3.63) is 53.6 Å². The molecule has 0 atom stereocenters. The van der Waals surface area contributed by atoms with Crippen molar-refractivity contribution in [2.45, 2.75) is 17.1 Å². The third-order valence-corrected chi connectivity index (χ3v) is 4.31. The Morgan fingerprint density at radius 1 is 1.14 bits per heavy atom. The number of carbonyl (C=O) groups is 1. The van der Waals surface area contributed by atoms with Crippen molar-refractivity contribution in [3.63, 3.8) is 0 Å². The zero-order valence-electron chi connectivity index (χ0n) is 12.7. The van der Waals surface area contributed by atoms with Gasteiger partial charge in [-0.05, 0) is 29.3 Å². The van der Waals surface area contributed by atoms with Crippen LogP contribution in [0.2, 0.25) is 0 Å². The van der Waals surface area contributed by atoms with Crippen molar-refractivity contribution >= 4 is 23.4 Å². The number of carbonyl (C=O) groups excluding carboxylic acids is 1. The Hall–Kier alpha value is -2.14. The second-order valence-corrected chi connectivity index (χ2v) is 5.80. The summed E-state index contributed by atoms with van der Waals surface area (Å²) in [5.74, 6) is 1.32. The van der Waals surface area contributed by atoms with Crippen molar-refractivity contribution in [3.8, 4) is 5.75 Å². The van der Waals surface area contributed by atoms with Crippen LogP contribution < -0.4 is 10.5 Å². The highest BCUT2D eigenvalue weighted by molar-refractivity contribution is 7.98. The second kappa shape index (κ2) is 7.75. The Morgan fingerprint density at radius 3 is 2.45 bits per heavy atom. The zero-order chi connectivity index (χ0) is 15.9. The average Bonchev–Trinajstić information content (AvgIpc) is 2.54. The number of methoxy groups -OCH3 is 2. The summed E-state index contributed by atoms with van der Waals surface area (Å²) in [6.07, 6.45) is 0.298. The minimum Gasteiger partial charge on any atom is -0.497 e. The van der Waals surface area contributed by atoms with Gasteiger partial charge in [0, 0.05) is 22.4 Å². The molecule has 0 bridgehead atoms. The lowest BCUT2D eigenvalue weighted by atomic mass is 10.2. The number of nitrogen functional groups attached to an aromatic ring is 1. The molecule has 0 aliphatic heterocycles. The number of rotatable bonds is 6. The van der Waals surface area contributed by atoms with Gasteiger partial charge in [0.05, 0.1) is 20.6 Å². The number of hydrogen-bond donors (Lipinski definition) is 1. The summed E-state index contributed by atoms with van der Waals surface area (Å²) in [6, 6.07) is 13.6. The highest BCUT2D eigenvalue weighted by Gasteiger charge is 2.05. The molecule has 4 nitrogen and oxygen atoms in total. The quantitative estimate of drug-likeness (QED) is 0.503. The van der Waals surface area contributed by atoms with Crippen LogP contribution >= 0.6 is 11.8 Å². The predicted octanol–water partition coefficient (Wildman–Crippen LogP) is 3.29. The SMILES string of the molecule is COC(=O)Cc1ccc(SCc2ccc(OC)cc2N)cc1. The van der Waals surface area contributed by atoms with Gasteiger partial charge in [-0.15, -0.1) is 11.8 Å². The van der Waals surface area contributed by atoms with Crippen LogP contribution in [0.25, 0.3) is 0 Å². The van der Waals surface area contributed by atoms with Crippen molar-refractivity contribution < 1.29 is 14.3 Å². The fourth-order valence-corrected chi connectivity index (χ4v) is 2.85. The van der Waals surface area contributed by atoms with Gasteiger partial charge in [-0.2, -0.15) is 0 Å². The maximum absolute atomic E-state index is 11.2. The topological polar surface area (TPSA) is 61.5 Å². The molecule has 0 saturated carbocycles. The van der Waals surface area contributed by atoms with Crippen LogP contribution in [0.5, 0.6) is 5.75 Å². The van der Waals surface area contributed by atoms with E-state index in [1.54, 1.807) is 18.9 Å². The van der Waals surface area contributed by atoms with Crippen LogP contribution in [-0.2, 0) is 21.7 Å². The first kappa shape index (κ1) is 16.2. The molecule has 0 aliphatic carbocycles. The van der Waals surface area contributed by atoms with E-state index in [-0.39, 0.29) is 5.97 Å². The standard InChI is InChI=1S/C17H19NO3S/c1-20-14-6-5-13(16(18)10-14)11-22-15-7-3-12(4-8-15)9-17(19)21-2/h3-8,10H,9,11,18H2,1-2H3. The van der Waals surface area contributed by atoms with Gasteiger partial charge in [-0.3, -0.25) is 4.79 Å². The fourth-order valence-electron chi connectivity index (χ4n) is 1.93. The maximum Gasteiger partial charge on any atom is 0.309 e. The summed E-state index contributed by atoms with van der Waals surface area (Å²) in [6.45, 7) is 0. The van der Waals surface area contributed by atoms with Crippen LogP contribution in [0.15, 0.2) is 47.4 Å². The summed E-state index contributed by atoms with van der Waals surface area (Å²) in [5, 5.41) is 0. The summed E-state index contributed by atoms with van der Waals surface area (Å²) < 4.78 is 9.80. The molecule has 0 unspecified atom stereocenters. The van der Waals surface area contributed by atoms with E-state index in [9.17, 15) is 4.79 Å². The molecule has 116 valence electrons. The van der Waals surface area contributed by atoms with Gasteiger partial charge < -0.3 is 15.2 Å². The molecule has 0 saturated heterocycles. The first-order valence-corrected chi connectivity index (χ1v) is 7.82. The zero-order valence-corrected chi connectivity index (χ0v) is 13.5. The number of benzene rings is 2. The lowest BCUT2D eigenvalue weighted by molar-refractivity contribution is -0.139. The molecule has 0 fully saturated rings. The predicted molar refractivity (Wildman–Crippen MR) is 89.1 cm³/mol. The van der Waals surface area contributed by atoms with E-state index >= 15 is 0 Å². The molecular formula is C17H19NO3S. The van der Waals surface area contributed by atoms with Gasteiger partial charge in [-0.25, -0.2) is 0 Å². The van der Waals surface area contributed by atoms with Crippen molar-refractivity contribution in [2.75, 3.05) is 20.0 Å². The molecule has 0 radical (unpaired) electrons. The van der Waals surface area contributed by atoms with E-state index in [0.29, 0.717) is 6.42 Å². The Morgan fingerprint density at radius 2 is 1.86 bits per heavy atom. The molecule has 2 aromatic carbocycles. The third-order valence-electron chi connectivity index (χ3n) is 3.25. The third kappa shape index (κ3) is 4.43. The molecule has 22 heavy (non-hydrogen) atoms. The summed E-state index contributed by atoms with van der Waals surface area (Å²) in [7, 11) is 3.02. The number of anilines is 1. The van der Waals surface area contributed by atoms with Gasteiger partial charge in [0.25, 0.3) is 0 Å². The first-order valence-electron chi connectivity index (χ1n) is 6.83. The summed E-state index contributed by atoms with van der Waals surface area (Å²) in [5.41, 5.74) is 8.76. The van der Waals surface area contributed by atoms with Crippen LogP contribution in [0.4, 0.5) is 5.69 Å². The highest BCUT2D eigenvalue weighted by atomic mass is 32.2. The molecule has 0 aromatic heterocycles. The van der Waals surface area contributed by atoms with E-state index in [2.05, 4.69) is 4.74 Å². The van der Waals surface area contributed by atoms with E-state index in [1.807, 2.05) is 42.5 Å². The normalized spacial score (nSPS) is 10.3. The molecule has 0 amide bonds. The van der Waals surface area contributed by atoms with E-state index in [4.69, 9.17) is 10.5 Å². The van der Waals surface area contributed by atoms with Gasteiger partial charge in [0.2, 0.25) is 0 Å². The summed E-state index contributed by atoms with van der Waals surface area (Å²) >= 11 is 1.70. The monoisotopic (exact) mass is 317 g/mol. The van der Waals surface area contributed by atoms with E-state index in [1.165, 1.54) is 7.11 Å². The van der Waals surface area contributed by atoms with Gasteiger partial charge >= 0.3 is 5.97 Å². The summed E-state index contributed by atoms with van der Waals surface area (Å²) in [4.78, 5) is 12.3. The van der Waals surface area contributed by atoms with E-state index < -0.39 is 0 Å². The average molecular weight is 317 g/mol. The van der Waals surface area contributed by atoms with Crippen LogP contribution in [0, 0.1) is 0 Å². The number of thioether (sulfide) groups is 1. The lowest BCUT2D eigenvalue weighted by Crippen LogP contribution is -2.03. The molecular weight excluding hydrogens is 298 g/mol. The van der Waals surface area contributed by atoms with Crippen LogP contribution in [-0.4, -0.2) is 20.2 Å². The Bertz CT molecular complexity index is 641. The second-order valence-electron chi connectivity index (χ2n) is 4.75. The Labute approximate surface area is 134 Å². The van der Waals surface area contributed by atoms with Crippen molar-refractivity contribution in [2.24, 2.45) is 0 Å². The van der Waals surface area contributed by atoms with Gasteiger partial charge in [-0.1, -0.05) is 18.2 Å². The molecule has 2 rings (SSSR count). The first-order chi connectivity index (χ1) is 10.6. The molecule has 2 N–H and O–H groups in total. The highest BCUT2D eigenvalue weighted by Crippen LogP contribution is 2.28. The van der Waals surface area contributed by atoms with Gasteiger partial charge in [0.15, 0.2) is 0 Å². The lowest BCUT2D eigenvalue weighted by Gasteiger charge is -2.08. The fraction of sp³-hybridized carbons (Fsp3) is 0.235. The van der Waals surface area contributed by atoms with Crippen LogP contribution in [0.1, 0.15) is 11.1 Å². The van der Waals surface area contributed by atoms with Crippen LogP contribution in [0.3, 0.4) is 0 Å². The smallest absolute Gasteiger partial charge is 0.309 e. The maximum atomic E-state index is 11.2. The number of hydrogen-bond acceptors (Lipinski definition) is 5. The van der Waals surface area contributed by atoms with Gasteiger partial charge in [0.1, 0.15) is 5.75 Å². The minimum atomic E-state index is -0.230. The minimum absolute atomic E-state index is 0.230. The molecule has 2 aromatic rings. The number of esters is 1. The van der Waals surface area contributed by atoms with E-state index in [0.717, 1.165) is 33.2 Å². The Balaban J connectivity index is 1.95. The van der Waals surface area contributed by atoms with Crippen molar-refractivity contribution in [1.82, 2.24) is 0 Å². The largest absolute Gasteiger partial charge is 0.497 e. The molecule has 0 heterocycles.